The quantitative estimate of drug-likeness (QED) is 0.875. The first-order chi connectivity index (χ1) is 9.70. The normalized spacial score (nSPS) is 21.2. The molecule has 1 aliphatic heterocycles. The molecule has 1 heterocycles. The molecule has 0 aliphatic carbocycles. The van der Waals surface area contributed by atoms with Crippen molar-refractivity contribution < 1.29 is 14.3 Å². The number of ether oxygens (including phenoxy) is 2. The van der Waals surface area contributed by atoms with Crippen LogP contribution in [0.2, 0.25) is 0 Å². The van der Waals surface area contributed by atoms with Gasteiger partial charge in [-0.05, 0) is 25.5 Å². The van der Waals surface area contributed by atoms with Gasteiger partial charge in [0.2, 0.25) is 5.91 Å². The molecule has 0 saturated carbocycles. The first-order valence-corrected chi connectivity index (χ1v) is 7.09. The minimum absolute atomic E-state index is 0. The van der Waals surface area contributed by atoms with E-state index in [9.17, 15) is 4.79 Å². The first-order valence-electron chi connectivity index (χ1n) is 7.09. The fourth-order valence-electron chi connectivity index (χ4n) is 2.13. The number of nitrogens with one attached hydrogen (secondary N) is 2. The number of amides is 1. The summed E-state index contributed by atoms with van der Waals surface area (Å²) in [5.41, 5.74) is 0.739. The molecule has 1 aromatic carbocycles. The molecule has 1 fully saturated rings. The smallest absolute Gasteiger partial charge is 0.244 e. The van der Waals surface area contributed by atoms with Crippen molar-refractivity contribution in [2.75, 3.05) is 25.1 Å². The van der Waals surface area contributed by atoms with Gasteiger partial charge in [-0.3, -0.25) is 4.79 Å². The van der Waals surface area contributed by atoms with Gasteiger partial charge in [0.05, 0.1) is 19.3 Å². The molecule has 6 heteroatoms. The zero-order chi connectivity index (χ0) is 14.4. The van der Waals surface area contributed by atoms with Crippen molar-refractivity contribution in [2.24, 2.45) is 0 Å². The lowest BCUT2D eigenvalue weighted by Gasteiger charge is -2.29. The van der Waals surface area contributed by atoms with Gasteiger partial charge >= 0.3 is 0 Å². The molecule has 2 N–H and O–H groups in total. The van der Waals surface area contributed by atoms with Crippen LogP contribution in [0.4, 0.5) is 5.69 Å². The SMILES string of the molecule is CCCOc1cccc(NC(=O)[C@H]2NCCO[C@@H]2C)c1.Cl. The van der Waals surface area contributed by atoms with Crippen LogP contribution in [0.3, 0.4) is 0 Å². The molecular weight excluding hydrogens is 292 g/mol. The van der Waals surface area contributed by atoms with Crippen molar-refractivity contribution in [3.63, 3.8) is 0 Å². The lowest BCUT2D eigenvalue weighted by molar-refractivity contribution is -0.123. The standard InChI is InChI=1S/C15H22N2O3.ClH/c1-3-8-20-13-6-4-5-12(10-13)17-15(18)14-11(2)19-9-7-16-14;/h4-6,10-11,14,16H,3,7-9H2,1-2H3,(H,17,18);1H/t11-,14+;/m1./s1. The third-order valence-corrected chi connectivity index (χ3v) is 3.17. The summed E-state index contributed by atoms with van der Waals surface area (Å²) >= 11 is 0. The molecule has 21 heavy (non-hydrogen) atoms. The zero-order valence-corrected chi connectivity index (χ0v) is 13.2. The van der Waals surface area contributed by atoms with Gasteiger partial charge in [-0.15, -0.1) is 12.4 Å². The van der Waals surface area contributed by atoms with Gasteiger partial charge in [-0.25, -0.2) is 0 Å². The summed E-state index contributed by atoms with van der Waals surface area (Å²) in [6.45, 7) is 5.97. The van der Waals surface area contributed by atoms with E-state index < -0.39 is 0 Å². The second-order valence-corrected chi connectivity index (χ2v) is 4.87. The van der Waals surface area contributed by atoms with E-state index in [4.69, 9.17) is 9.47 Å². The molecule has 0 aromatic heterocycles. The molecule has 1 aromatic rings. The zero-order valence-electron chi connectivity index (χ0n) is 12.4. The molecule has 2 atom stereocenters. The van der Waals surface area contributed by atoms with Crippen LogP contribution < -0.4 is 15.4 Å². The molecular formula is C15H23ClN2O3. The predicted molar refractivity (Wildman–Crippen MR) is 85.3 cm³/mol. The number of morpholine rings is 1. The largest absolute Gasteiger partial charge is 0.494 e. The van der Waals surface area contributed by atoms with Gasteiger partial charge in [0.1, 0.15) is 11.8 Å². The van der Waals surface area contributed by atoms with Crippen LogP contribution in [0.15, 0.2) is 24.3 Å². The van der Waals surface area contributed by atoms with Crippen LogP contribution in [0.25, 0.3) is 0 Å². The summed E-state index contributed by atoms with van der Waals surface area (Å²) < 4.78 is 11.0. The van der Waals surface area contributed by atoms with Crippen LogP contribution >= 0.6 is 12.4 Å². The average Bonchev–Trinajstić information content (AvgIpc) is 2.46. The Morgan fingerprint density at radius 2 is 2.33 bits per heavy atom. The van der Waals surface area contributed by atoms with Crippen molar-refractivity contribution in [1.29, 1.82) is 0 Å². The Morgan fingerprint density at radius 1 is 1.52 bits per heavy atom. The minimum atomic E-state index is -0.316. The maximum atomic E-state index is 12.2. The maximum Gasteiger partial charge on any atom is 0.244 e. The number of hydrogen-bond acceptors (Lipinski definition) is 4. The number of halogens is 1. The highest BCUT2D eigenvalue weighted by Crippen LogP contribution is 2.18. The second-order valence-electron chi connectivity index (χ2n) is 4.87. The third kappa shape index (κ3) is 5.19. The molecule has 0 spiro atoms. The van der Waals surface area contributed by atoms with Crippen molar-refractivity contribution in [1.82, 2.24) is 5.32 Å². The lowest BCUT2D eigenvalue weighted by atomic mass is 10.1. The number of carbonyl (C=O) groups excluding carboxylic acids is 1. The van der Waals surface area contributed by atoms with Gasteiger partial charge in [-0.2, -0.15) is 0 Å². The van der Waals surface area contributed by atoms with Crippen molar-refractivity contribution in [2.45, 2.75) is 32.4 Å². The van der Waals surface area contributed by atoms with E-state index >= 15 is 0 Å². The van der Waals surface area contributed by atoms with Gasteiger partial charge in [0, 0.05) is 18.3 Å². The summed E-state index contributed by atoms with van der Waals surface area (Å²) in [7, 11) is 0. The van der Waals surface area contributed by atoms with Crippen molar-refractivity contribution in [3.05, 3.63) is 24.3 Å². The summed E-state index contributed by atoms with van der Waals surface area (Å²) in [6, 6.07) is 7.13. The van der Waals surface area contributed by atoms with E-state index in [0.29, 0.717) is 19.8 Å². The van der Waals surface area contributed by atoms with Crippen LogP contribution in [-0.4, -0.2) is 37.8 Å². The highest BCUT2D eigenvalue weighted by molar-refractivity contribution is 5.95. The van der Waals surface area contributed by atoms with Crippen molar-refractivity contribution >= 4 is 24.0 Å². The Labute approximate surface area is 131 Å². The van der Waals surface area contributed by atoms with Crippen LogP contribution in [0, 0.1) is 0 Å². The monoisotopic (exact) mass is 314 g/mol. The van der Waals surface area contributed by atoms with E-state index in [2.05, 4.69) is 17.6 Å². The Bertz CT molecular complexity index is 456. The molecule has 0 bridgehead atoms. The minimum Gasteiger partial charge on any atom is -0.494 e. The van der Waals surface area contributed by atoms with E-state index in [1.807, 2.05) is 31.2 Å². The van der Waals surface area contributed by atoms with E-state index in [1.54, 1.807) is 0 Å². The number of carbonyl (C=O) groups is 1. The topological polar surface area (TPSA) is 59.6 Å². The van der Waals surface area contributed by atoms with Crippen LogP contribution in [-0.2, 0) is 9.53 Å². The highest BCUT2D eigenvalue weighted by Gasteiger charge is 2.28. The van der Waals surface area contributed by atoms with Gasteiger partial charge < -0.3 is 20.1 Å². The fourth-order valence-corrected chi connectivity index (χ4v) is 2.13. The molecule has 118 valence electrons. The Balaban J connectivity index is 0.00000220. The van der Waals surface area contributed by atoms with E-state index in [0.717, 1.165) is 17.9 Å². The predicted octanol–water partition coefficient (Wildman–Crippen LogP) is 2.21. The number of hydrogen-bond donors (Lipinski definition) is 2. The first kappa shape index (κ1) is 17.8. The lowest BCUT2D eigenvalue weighted by Crippen LogP contribution is -2.53. The number of anilines is 1. The number of rotatable bonds is 5. The second kappa shape index (κ2) is 8.87. The van der Waals surface area contributed by atoms with Crippen LogP contribution in [0.1, 0.15) is 20.3 Å². The molecule has 2 rings (SSSR count). The summed E-state index contributed by atoms with van der Waals surface area (Å²) in [4.78, 5) is 12.2. The summed E-state index contributed by atoms with van der Waals surface area (Å²) in [6.07, 6.45) is 0.834. The molecule has 0 radical (unpaired) electrons. The highest BCUT2D eigenvalue weighted by atomic mass is 35.5. The molecule has 1 saturated heterocycles. The molecule has 0 unspecified atom stereocenters. The van der Waals surface area contributed by atoms with Crippen LogP contribution in [0.5, 0.6) is 5.75 Å². The van der Waals surface area contributed by atoms with Gasteiger partial charge in [0.15, 0.2) is 0 Å². The Hall–Kier alpha value is -1.30. The molecule has 5 nitrogen and oxygen atoms in total. The average molecular weight is 315 g/mol. The Morgan fingerprint density at radius 3 is 3.05 bits per heavy atom. The Kier molecular flexibility index (Phi) is 7.50. The van der Waals surface area contributed by atoms with Crippen molar-refractivity contribution in [3.8, 4) is 5.75 Å². The third-order valence-electron chi connectivity index (χ3n) is 3.17. The maximum absolute atomic E-state index is 12.2. The summed E-state index contributed by atoms with van der Waals surface area (Å²) in [5.74, 6) is 0.690. The summed E-state index contributed by atoms with van der Waals surface area (Å²) in [5, 5.41) is 6.07. The number of benzene rings is 1. The molecule has 1 amide bonds. The fraction of sp³-hybridized carbons (Fsp3) is 0.533. The van der Waals surface area contributed by atoms with Gasteiger partial charge in [0.25, 0.3) is 0 Å². The van der Waals surface area contributed by atoms with Gasteiger partial charge in [-0.1, -0.05) is 13.0 Å². The molecule has 1 aliphatic rings. The van der Waals surface area contributed by atoms with E-state index in [1.165, 1.54) is 0 Å². The van der Waals surface area contributed by atoms with E-state index in [-0.39, 0.29) is 30.5 Å².